The summed E-state index contributed by atoms with van der Waals surface area (Å²) in [7, 11) is 0. The molecule has 0 N–H and O–H groups in total. The molecule has 1 aliphatic heterocycles. The van der Waals surface area contributed by atoms with E-state index in [9.17, 15) is 0 Å². The van der Waals surface area contributed by atoms with Crippen molar-refractivity contribution >= 4 is 0 Å². The zero-order valence-corrected chi connectivity index (χ0v) is 7.26. The molecule has 0 aliphatic carbocycles. The van der Waals surface area contributed by atoms with E-state index >= 15 is 0 Å². The average molecular weight is 179 g/mol. The van der Waals surface area contributed by atoms with Crippen molar-refractivity contribution in [1.29, 1.82) is 0 Å². The molecule has 1 heterocycles. The Balaban J connectivity index is 2.35. The molecule has 1 unspecified atom stereocenters. The Labute approximate surface area is 86.1 Å². The minimum atomic E-state index is -0.349. The van der Waals surface area contributed by atoms with E-state index in [2.05, 4.69) is 0 Å². The van der Waals surface area contributed by atoms with Gasteiger partial charge in [-0.05, 0) is 24.5 Å². The lowest BCUT2D eigenvalue weighted by atomic mass is 10.0. The molecule has 68 valence electrons. The van der Waals surface area contributed by atoms with Crippen LogP contribution < -0.4 is 0 Å². The summed E-state index contributed by atoms with van der Waals surface area (Å²) in [4.78, 5) is 0. The molecule has 0 radical (unpaired) electrons. The van der Waals surface area contributed by atoms with Crippen LogP contribution in [-0.2, 0) is 11.2 Å². The molecular formula is C12H14O. The van der Waals surface area contributed by atoms with Gasteiger partial charge in [0.1, 0.15) is 6.10 Å². The number of hydrogen-bond donors (Lipinski definition) is 0. The molecule has 2 rings (SSSR count). The minimum absolute atomic E-state index is 0.112. The Kier molecular flexibility index (Phi) is 1.37. The van der Waals surface area contributed by atoms with Crippen LogP contribution in [0.25, 0.3) is 0 Å². The molecule has 0 amide bonds. The second-order valence-electron chi connectivity index (χ2n) is 3.01. The predicted octanol–water partition coefficient (Wildman–Crippen LogP) is 2.92. The number of hydrogen-bond acceptors (Lipinski definition) is 1. The van der Waals surface area contributed by atoms with Crippen molar-refractivity contribution in [2.75, 3.05) is 0 Å². The van der Waals surface area contributed by atoms with Crippen molar-refractivity contribution in [3.63, 3.8) is 0 Å². The Morgan fingerprint density at radius 3 is 2.92 bits per heavy atom. The smallest absolute Gasteiger partial charge is 0.102 e. The van der Waals surface area contributed by atoms with E-state index < -0.39 is 0 Å². The highest BCUT2D eigenvalue weighted by atomic mass is 16.5. The third kappa shape index (κ3) is 2.35. The number of allylic oxidation sites excluding steroid dienone is 1. The van der Waals surface area contributed by atoms with E-state index in [0.29, 0.717) is 12.0 Å². The molecule has 0 spiro atoms. The molecule has 1 nitrogen and oxygen atoms in total. The Morgan fingerprint density at radius 1 is 1.38 bits per heavy atom. The van der Waals surface area contributed by atoms with Gasteiger partial charge in [-0.2, -0.15) is 0 Å². The first-order valence-electron chi connectivity index (χ1n) is 6.88. The molecule has 1 aromatic rings. The largest absolute Gasteiger partial charge is 0.498 e. The first-order valence-corrected chi connectivity index (χ1v) is 4.38. The summed E-state index contributed by atoms with van der Waals surface area (Å²) in [6.07, 6.45) is 5.46. The lowest BCUT2D eigenvalue weighted by Gasteiger charge is -2.19. The van der Waals surface area contributed by atoms with Crippen molar-refractivity contribution in [2.45, 2.75) is 25.4 Å². The van der Waals surface area contributed by atoms with Crippen LogP contribution in [0.15, 0.2) is 42.6 Å². The molecule has 1 heteroatoms. The van der Waals surface area contributed by atoms with Gasteiger partial charge in [0, 0.05) is 6.42 Å². The van der Waals surface area contributed by atoms with Crippen LogP contribution in [0.4, 0.5) is 0 Å². The van der Waals surface area contributed by atoms with Gasteiger partial charge in [-0.25, -0.2) is 0 Å². The summed E-state index contributed by atoms with van der Waals surface area (Å²) in [6, 6.07) is -1.16. The monoisotopic (exact) mass is 179 g/mol. The minimum Gasteiger partial charge on any atom is -0.498 e. The van der Waals surface area contributed by atoms with E-state index in [1.54, 1.807) is 6.26 Å². The van der Waals surface area contributed by atoms with Crippen LogP contribution >= 0.6 is 0 Å². The summed E-state index contributed by atoms with van der Waals surface area (Å²) >= 11 is 0. The van der Waals surface area contributed by atoms with Crippen molar-refractivity contribution in [2.24, 2.45) is 0 Å². The number of benzene rings is 1. The zero-order valence-electron chi connectivity index (χ0n) is 12.3. The maximum absolute atomic E-state index is 7.81. The second kappa shape index (κ2) is 4.13. The van der Waals surface area contributed by atoms with E-state index in [4.69, 9.17) is 11.6 Å². The molecule has 0 saturated heterocycles. The Morgan fingerprint density at radius 2 is 2.23 bits per heavy atom. The van der Waals surface area contributed by atoms with Gasteiger partial charge in [0.2, 0.25) is 0 Å². The molecule has 0 fully saturated rings. The standard InChI is InChI=1S/C12H14O/c1-2-6-11(7-3-1)10-12-8-4-5-9-13-12/h1-3,5-7,9,12H,4,8,10H2/i1D,2D,3D,6D,7D. The molecule has 0 aromatic heterocycles. The maximum atomic E-state index is 7.81. The van der Waals surface area contributed by atoms with Crippen LogP contribution in [0.2, 0.25) is 0 Å². The van der Waals surface area contributed by atoms with Gasteiger partial charge in [0.15, 0.2) is 0 Å². The summed E-state index contributed by atoms with van der Waals surface area (Å²) in [6.45, 7) is 0. The summed E-state index contributed by atoms with van der Waals surface area (Å²) < 4.78 is 43.7. The molecular weight excluding hydrogens is 160 g/mol. The lowest BCUT2D eigenvalue weighted by Crippen LogP contribution is -2.15. The van der Waals surface area contributed by atoms with Gasteiger partial charge in [0.05, 0.1) is 13.1 Å². The van der Waals surface area contributed by atoms with Crippen molar-refractivity contribution in [3.8, 4) is 0 Å². The summed E-state index contributed by atoms with van der Waals surface area (Å²) in [5.41, 5.74) is 0.335. The SMILES string of the molecule is [2H]c1c([2H])c([2H])c(CC2CCC=CO2)c([2H])c1[2H]. The van der Waals surface area contributed by atoms with Crippen LogP contribution in [0.1, 0.15) is 25.3 Å². The van der Waals surface area contributed by atoms with E-state index in [0.717, 1.165) is 12.8 Å². The van der Waals surface area contributed by atoms with Crippen LogP contribution in [-0.4, -0.2) is 6.10 Å². The van der Waals surface area contributed by atoms with E-state index in [-0.39, 0.29) is 36.3 Å². The van der Waals surface area contributed by atoms with Crippen molar-refractivity contribution in [3.05, 3.63) is 48.1 Å². The summed E-state index contributed by atoms with van der Waals surface area (Å²) in [5.74, 6) is 0. The zero-order chi connectivity index (χ0) is 13.3. The Bertz CT molecular complexity index is 469. The predicted molar refractivity (Wildman–Crippen MR) is 53.4 cm³/mol. The highest BCUT2D eigenvalue weighted by Gasteiger charge is 2.10. The van der Waals surface area contributed by atoms with Crippen molar-refractivity contribution < 1.29 is 11.6 Å². The number of ether oxygens (including phenoxy) is 1. The van der Waals surface area contributed by atoms with E-state index in [1.165, 1.54) is 0 Å². The third-order valence-electron chi connectivity index (χ3n) is 2.01. The van der Waals surface area contributed by atoms with Crippen LogP contribution in [0, 0.1) is 0 Å². The van der Waals surface area contributed by atoms with E-state index in [1.807, 2.05) is 6.08 Å². The number of rotatable bonds is 2. The maximum Gasteiger partial charge on any atom is 0.102 e. The Hall–Kier alpha value is -1.24. The first kappa shape index (κ1) is 4.32. The molecule has 13 heavy (non-hydrogen) atoms. The molecule has 0 saturated carbocycles. The highest BCUT2D eigenvalue weighted by Crippen LogP contribution is 2.15. The van der Waals surface area contributed by atoms with Gasteiger partial charge < -0.3 is 4.74 Å². The van der Waals surface area contributed by atoms with Gasteiger partial charge >= 0.3 is 0 Å². The van der Waals surface area contributed by atoms with Crippen LogP contribution in [0.3, 0.4) is 0 Å². The molecule has 1 aromatic carbocycles. The van der Waals surface area contributed by atoms with Gasteiger partial charge in [-0.15, -0.1) is 0 Å². The van der Waals surface area contributed by atoms with Gasteiger partial charge in [-0.1, -0.05) is 30.2 Å². The molecule has 1 aliphatic rings. The van der Waals surface area contributed by atoms with Crippen molar-refractivity contribution in [1.82, 2.24) is 0 Å². The highest BCUT2D eigenvalue weighted by molar-refractivity contribution is 5.15. The lowest BCUT2D eigenvalue weighted by molar-refractivity contribution is 0.124. The van der Waals surface area contributed by atoms with Gasteiger partial charge in [0.25, 0.3) is 0 Å². The fraction of sp³-hybridized carbons (Fsp3) is 0.333. The first-order chi connectivity index (χ1) is 8.52. The third-order valence-corrected chi connectivity index (χ3v) is 2.01. The van der Waals surface area contributed by atoms with Gasteiger partial charge in [-0.3, -0.25) is 0 Å². The average Bonchev–Trinajstić information content (AvgIpc) is 2.40. The topological polar surface area (TPSA) is 9.23 Å². The normalized spacial score (nSPS) is 26.5. The summed E-state index contributed by atoms with van der Waals surface area (Å²) in [5, 5.41) is 0. The molecule has 1 atom stereocenters. The fourth-order valence-corrected chi connectivity index (χ4v) is 1.34. The molecule has 0 bridgehead atoms. The quantitative estimate of drug-likeness (QED) is 0.678. The van der Waals surface area contributed by atoms with Crippen LogP contribution in [0.5, 0.6) is 0 Å². The second-order valence-corrected chi connectivity index (χ2v) is 3.01. The fourth-order valence-electron chi connectivity index (χ4n) is 1.34.